The van der Waals surface area contributed by atoms with E-state index < -0.39 is 0 Å². The van der Waals surface area contributed by atoms with Gasteiger partial charge < -0.3 is 14.5 Å². The number of rotatable bonds is 8. The first-order valence-electron chi connectivity index (χ1n) is 12.9. The number of aromatic nitrogens is 4. The van der Waals surface area contributed by atoms with Gasteiger partial charge in [0.25, 0.3) is 5.91 Å². The fraction of sp³-hybridized carbons (Fsp3) is 0.276. The van der Waals surface area contributed by atoms with E-state index in [0.717, 1.165) is 23.4 Å². The number of benzene rings is 3. The SMILES string of the molecule is CC(=O)N(c1ccc(Cl)cc1)[C@@H]1C[C@H](C)N(C(=O)c2ccc(OCCCc3nn[nH]n3)cc2)c2ccccc21. The fourth-order valence-corrected chi connectivity index (χ4v) is 5.19. The van der Waals surface area contributed by atoms with Gasteiger partial charge in [0.15, 0.2) is 5.82 Å². The number of carbonyl (C=O) groups is 2. The molecule has 5 rings (SSSR count). The van der Waals surface area contributed by atoms with Gasteiger partial charge in [0.1, 0.15) is 5.75 Å². The van der Waals surface area contributed by atoms with Crippen LogP contribution >= 0.6 is 11.6 Å². The summed E-state index contributed by atoms with van der Waals surface area (Å²) in [4.78, 5) is 30.2. The van der Waals surface area contributed by atoms with Crippen molar-refractivity contribution in [3.05, 3.63) is 94.8 Å². The first kappa shape index (κ1) is 26.4. The van der Waals surface area contributed by atoms with Crippen LogP contribution in [0.4, 0.5) is 11.4 Å². The van der Waals surface area contributed by atoms with Crippen LogP contribution in [0.2, 0.25) is 5.02 Å². The maximum absolute atomic E-state index is 13.8. The van der Waals surface area contributed by atoms with E-state index in [4.69, 9.17) is 16.3 Å². The summed E-state index contributed by atoms with van der Waals surface area (Å²) in [7, 11) is 0. The highest BCUT2D eigenvalue weighted by Gasteiger charge is 2.38. The molecule has 1 aliphatic heterocycles. The first-order chi connectivity index (χ1) is 18.9. The second-order valence-electron chi connectivity index (χ2n) is 9.50. The lowest BCUT2D eigenvalue weighted by Gasteiger charge is -2.43. The second-order valence-corrected chi connectivity index (χ2v) is 9.94. The Morgan fingerprint density at radius 1 is 1.08 bits per heavy atom. The average molecular weight is 545 g/mol. The van der Waals surface area contributed by atoms with E-state index in [2.05, 4.69) is 20.6 Å². The fourth-order valence-electron chi connectivity index (χ4n) is 5.06. The van der Waals surface area contributed by atoms with Gasteiger partial charge in [-0.2, -0.15) is 5.21 Å². The number of nitrogens with one attached hydrogen (secondary N) is 1. The Balaban J connectivity index is 1.33. The Labute approximate surface area is 231 Å². The summed E-state index contributed by atoms with van der Waals surface area (Å²) in [5.41, 5.74) is 3.06. The molecular formula is C29H29ClN6O3. The van der Waals surface area contributed by atoms with Crippen molar-refractivity contribution in [3.8, 4) is 5.75 Å². The van der Waals surface area contributed by atoms with Gasteiger partial charge in [0.05, 0.1) is 12.6 Å². The minimum atomic E-state index is -0.220. The van der Waals surface area contributed by atoms with Gasteiger partial charge in [0, 0.05) is 41.3 Å². The van der Waals surface area contributed by atoms with Crippen molar-refractivity contribution < 1.29 is 14.3 Å². The number of nitrogens with zero attached hydrogens (tertiary/aromatic N) is 5. The predicted octanol–water partition coefficient (Wildman–Crippen LogP) is 5.40. The third kappa shape index (κ3) is 5.78. The van der Waals surface area contributed by atoms with Crippen LogP contribution < -0.4 is 14.5 Å². The number of ether oxygens (including phenoxy) is 1. The number of hydrogen-bond acceptors (Lipinski definition) is 6. The Morgan fingerprint density at radius 3 is 2.51 bits per heavy atom. The van der Waals surface area contributed by atoms with Crippen molar-refractivity contribution in [2.45, 2.75) is 45.2 Å². The van der Waals surface area contributed by atoms with Crippen LogP contribution in [0.25, 0.3) is 0 Å². The quantitative estimate of drug-likeness (QED) is 0.298. The molecular weight excluding hydrogens is 516 g/mol. The van der Waals surface area contributed by atoms with Crippen LogP contribution in [0.3, 0.4) is 0 Å². The lowest BCUT2D eigenvalue weighted by atomic mass is 9.89. The van der Waals surface area contributed by atoms with Gasteiger partial charge in [0.2, 0.25) is 5.91 Å². The number of hydrogen-bond donors (Lipinski definition) is 1. The van der Waals surface area contributed by atoms with E-state index in [1.807, 2.05) is 60.4 Å². The Hall–Kier alpha value is -4.24. The standard InChI is InChI=1S/C29H29ClN6O3/c1-19-18-27(36(20(2)37)23-13-11-22(30)12-14-23)25-6-3-4-7-26(25)35(19)29(38)21-9-15-24(16-10-21)39-17-5-8-28-31-33-34-32-28/h3-4,6-7,9-16,19,27H,5,8,17-18H2,1-2H3,(H,31,32,33,34)/t19-,27+/m0/s1. The lowest BCUT2D eigenvalue weighted by molar-refractivity contribution is -0.117. The summed E-state index contributed by atoms with van der Waals surface area (Å²) in [6, 6.07) is 21.9. The van der Waals surface area contributed by atoms with Gasteiger partial charge in [-0.05, 0) is 79.9 Å². The highest BCUT2D eigenvalue weighted by Crippen LogP contribution is 2.43. The minimum absolute atomic E-state index is 0.0722. The predicted molar refractivity (Wildman–Crippen MR) is 149 cm³/mol. The van der Waals surface area contributed by atoms with Crippen LogP contribution in [0.1, 0.15) is 54.5 Å². The van der Waals surface area contributed by atoms with Crippen molar-refractivity contribution in [1.29, 1.82) is 0 Å². The van der Waals surface area contributed by atoms with Crippen LogP contribution in [-0.2, 0) is 11.2 Å². The zero-order valence-electron chi connectivity index (χ0n) is 21.8. The monoisotopic (exact) mass is 544 g/mol. The largest absolute Gasteiger partial charge is 0.494 e. The van der Waals surface area contributed by atoms with Gasteiger partial charge >= 0.3 is 0 Å². The van der Waals surface area contributed by atoms with Gasteiger partial charge in [-0.25, -0.2) is 0 Å². The zero-order valence-corrected chi connectivity index (χ0v) is 22.5. The van der Waals surface area contributed by atoms with E-state index in [0.29, 0.717) is 41.6 Å². The molecule has 0 spiro atoms. The molecule has 0 unspecified atom stereocenters. The molecule has 1 N–H and O–H groups in total. The van der Waals surface area contributed by atoms with Crippen molar-refractivity contribution in [2.75, 3.05) is 16.4 Å². The number of carbonyl (C=O) groups excluding carboxylic acids is 2. The number of aryl methyl sites for hydroxylation is 1. The van der Waals surface area contributed by atoms with E-state index in [-0.39, 0.29) is 23.9 Å². The van der Waals surface area contributed by atoms with Crippen molar-refractivity contribution in [1.82, 2.24) is 20.6 Å². The Morgan fingerprint density at radius 2 is 1.82 bits per heavy atom. The molecule has 2 atom stereocenters. The topological polar surface area (TPSA) is 104 Å². The van der Waals surface area contributed by atoms with Gasteiger partial charge in [-0.3, -0.25) is 9.59 Å². The number of aromatic amines is 1. The summed E-state index contributed by atoms with van der Waals surface area (Å²) >= 11 is 6.10. The van der Waals surface area contributed by atoms with Crippen molar-refractivity contribution in [3.63, 3.8) is 0 Å². The summed E-state index contributed by atoms with van der Waals surface area (Å²) < 4.78 is 5.82. The summed E-state index contributed by atoms with van der Waals surface area (Å²) in [6.45, 7) is 4.08. The normalized spacial score (nSPS) is 16.4. The molecule has 1 aliphatic rings. The molecule has 0 saturated carbocycles. The Bertz CT molecular complexity index is 1430. The molecule has 0 aliphatic carbocycles. The molecule has 0 bridgehead atoms. The first-order valence-corrected chi connectivity index (χ1v) is 13.2. The van der Waals surface area contributed by atoms with Crippen LogP contribution in [0, 0.1) is 0 Å². The maximum atomic E-state index is 13.8. The van der Waals surface area contributed by atoms with Crippen LogP contribution in [0.15, 0.2) is 72.8 Å². The van der Waals surface area contributed by atoms with Crippen LogP contribution in [-0.4, -0.2) is 45.1 Å². The Kier molecular flexibility index (Phi) is 7.88. The van der Waals surface area contributed by atoms with Crippen LogP contribution in [0.5, 0.6) is 5.75 Å². The molecule has 0 saturated heterocycles. The van der Waals surface area contributed by atoms with E-state index in [1.54, 1.807) is 36.1 Å². The number of amides is 2. The summed E-state index contributed by atoms with van der Waals surface area (Å²) in [5.74, 6) is 1.17. The zero-order chi connectivity index (χ0) is 27.4. The highest BCUT2D eigenvalue weighted by molar-refractivity contribution is 6.30. The molecule has 4 aromatic rings. The number of tetrazole rings is 1. The second kappa shape index (κ2) is 11.7. The number of H-pyrrole nitrogens is 1. The van der Waals surface area contributed by atoms with E-state index >= 15 is 0 Å². The average Bonchev–Trinajstić information content (AvgIpc) is 3.46. The van der Waals surface area contributed by atoms with Gasteiger partial charge in [-0.1, -0.05) is 35.0 Å². The summed E-state index contributed by atoms with van der Waals surface area (Å²) in [5, 5.41) is 14.4. The number of halogens is 1. The molecule has 1 aromatic heterocycles. The molecule has 9 nitrogen and oxygen atoms in total. The molecule has 2 heterocycles. The molecule has 200 valence electrons. The lowest BCUT2D eigenvalue weighted by Crippen LogP contribution is -2.47. The molecule has 0 radical (unpaired) electrons. The third-order valence-electron chi connectivity index (χ3n) is 6.84. The molecule has 0 fully saturated rings. The van der Waals surface area contributed by atoms with Crippen molar-refractivity contribution in [2.24, 2.45) is 0 Å². The molecule has 3 aromatic carbocycles. The molecule has 2 amide bonds. The maximum Gasteiger partial charge on any atom is 0.258 e. The smallest absolute Gasteiger partial charge is 0.258 e. The molecule has 39 heavy (non-hydrogen) atoms. The van der Waals surface area contributed by atoms with Gasteiger partial charge in [-0.15, -0.1) is 10.2 Å². The minimum Gasteiger partial charge on any atom is -0.494 e. The number of anilines is 2. The number of para-hydroxylation sites is 1. The number of fused-ring (bicyclic) bond motifs is 1. The van der Waals surface area contributed by atoms with E-state index in [9.17, 15) is 9.59 Å². The molecule has 10 heteroatoms. The van der Waals surface area contributed by atoms with Crippen molar-refractivity contribution >= 4 is 34.8 Å². The highest BCUT2D eigenvalue weighted by atomic mass is 35.5. The third-order valence-corrected chi connectivity index (χ3v) is 7.09. The summed E-state index contributed by atoms with van der Waals surface area (Å²) in [6.07, 6.45) is 2.00. The van der Waals surface area contributed by atoms with E-state index in [1.165, 1.54) is 0 Å².